The highest BCUT2D eigenvalue weighted by atomic mass is 31.2. The molecular formula is C48H81O13P. The average Bonchev–Trinajstić information content (AvgIpc) is 3.25. The van der Waals surface area contributed by atoms with E-state index in [1.807, 2.05) is 0 Å². The maximum absolute atomic E-state index is 12.8. The van der Waals surface area contributed by atoms with E-state index in [0.717, 1.165) is 89.9 Å². The Balaban J connectivity index is 2.50. The van der Waals surface area contributed by atoms with Crippen LogP contribution in [0.25, 0.3) is 0 Å². The molecule has 14 heteroatoms. The highest BCUT2D eigenvalue weighted by molar-refractivity contribution is 7.47. The number of aliphatic hydroxyl groups excluding tert-OH is 5. The lowest BCUT2D eigenvalue weighted by Crippen LogP contribution is -2.64. The first kappa shape index (κ1) is 57.3. The molecule has 0 heterocycles. The Bertz CT molecular complexity index is 1360. The zero-order valence-electron chi connectivity index (χ0n) is 37.6. The van der Waals surface area contributed by atoms with Crippen LogP contribution < -0.4 is 0 Å². The zero-order chi connectivity index (χ0) is 45.7. The first-order valence-electron chi connectivity index (χ1n) is 23.2. The van der Waals surface area contributed by atoms with Crippen LogP contribution in [0.5, 0.6) is 0 Å². The number of aliphatic hydroxyl groups is 5. The lowest BCUT2D eigenvalue weighted by molar-refractivity contribution is -0.220. The summed E-state index contributed by atoms with van der Waals surface area (Å²) < 4.78 is 33.5. The van der Waals surface area contributed by atoms with Crippen LogP contribution in [0.4, 0.5) is 0 Å². The number of phosphoric ester groups is 1. The summed E-state index contributed by atoms with van der Waals surface area (Å²) in [5.74, 6) is -1.16. The summed E-state index contributed by atoms with van der Waals surface area (Å²) in [6.45, 7) is 3.18. The van der Waals surface area contributed by atoms with Crippen LogP contribution in [0.1, 0.15) is 162 Å². The summed E-state index contributed by atoms with van der Waals surface area (Å²) in [6, 6.07) is 0. The molecule has 0 amide bonds. The largest absolute Gasteiger partial charge is 0.472 e. The molecule has 0 aromatic carbocycles. The van der Waals surface area contributed by atoms with Crippen LogP contribution in [0.3, 0.4) is 0 Å². The lowest BCUT2D eigenvalue weighted by Gasteiger charge is -2.41. The van der Waals surface area contributed by atoms with Crippen LogP contribution in [-0.4, -0.2) is 98.3 Å². The smallest absolute Gasteiger partial charge is 0.462 e. The Kier molecular flexibility index (Phi) is 34.8. The number of carbonyl (C=O) groups is 2. The van der Waals surface area contributed by atoms with Gasteiger partial charge in [-0.3, -0.25) is 18.6 Å². The summed E-state index contributed by atoms with van der Waals surface area (Å²) in [6.07, 6.45) is 33.8. The van der Waals surface area contributed by atoms with Gasteiger partial charge in [0.15, 0.2) is 6.10 Å². The van der Waals surface area contributed by atoms with E-state index in [4.69, 9.17) is 18.5 Å². The topological polar surface area (TPSA) is 210 Å². The molecule has 0 aromatic rings. The Morgan fingerprint density at radius 3 is 1.39 bits per heavy atom. The summed E-state index contributed by atoms with van der Waals surface area (Å²) in [4.78, 5) is 35.7. The number of ether oxygens (including phenoxy) is 2. The van der Waals surface area contributed by atoms with Crippen molar-refractivity contribution >= 4 is 19.8 Å². The molecule has 1 aliphatic carbocycles. The minimum atomic E-state index is -5.13. The molecule has 0 spiro atoms. The Hall–Kier alpha value is -2.71. The summed E-state index contributed by atoms with van der Waals surface area (Å²) in [5, 5.41) is 50.1. The van der Waals surface area contributed by atoms with E-state index >= 15 is 0 Å². The molecule has 0 radical (unpaired) electrons. The molecule has 356 valence electrons. The average molecular weight is 897 g/mol. The molecule has 1 rings (SSSR count). The van der Waals surface area contributed by atoms with Crippen molar-refractivity contribution in [2.24, 2.45) is 0 Å². The van der Waals surface area contributed by atoms with E-state index in [0.29, 0.717) is 12.8 Å². The van der Waals surface area contributed by atoms with E-state index < -0.39 is 75.7 Å². The maximum Gasteiger partial charge on any atom is 0.472 e. The van der Waals surface area contributed by atoms with Crippen LogP contribution in [0, 0.1) is 0 Å². The Morgan fingerprint density at radius 2 is 0.887 bits per heavy atom. The number of carbonyl (C=O) groups excluding carboxylic acids is 2. The fraction of sp³-hybridized carbons (Fsp3) is 0.708. The Labute approximate surface area is 372 Å². The molecule has 0 aromatic heterocycles. The van der Waals surface area contributed by atoms with Crippen LogP contribution in [-0.2, 0) is 32.7 Å². The van der Waals surface area contributed by atoms with Crippen molar-refractivity contribution in [2.75, 3.05) is 13.2 Å². The second kappa shape index (κ2) is 37.6. The van der Waals surface area contributed by atoms with Gasteiger partial charge >= 0.3 is 19.8 Å². The molecule has 0 bridgehead atoms. The number of esters is 2. The summed E-state index contributed by atoms with van der Waals surface area (Å²) in [5.41, 5.74) is 0. The quantitative estimate of drug-likeness (QED) is 0.0149. The lowest BCUT2D eigenvalue weighted by atomic mass is 9.85. The van der Waals surface area contributed by atoms with Crippen molar-refractivity contribution < 1.29 is 63.1 Å². The number of unbranched alkanes of at least 4 members (excludes halogenated alkanes) is 13. The molecule has 8 atom stereocenters. The summed E-state index contributed by atoms with van der Waals surface area (Å²) >= 11 is 0. The van der Waals surface area contributed by atoms with Gasteiger partial charge in [-0.05, 0) is 83.5 Å². The van der Waals surface area contributed by atoms with E-state index in [1.54, 1.807) is 0 Å². The second-order valence-electron chi connectivity index (χ2n) is 15.9. The predicted molar refractivity (Wildman–Crippen MR) is 244 cm³/mol. The first-order chi connectivity index (χ1) is 29.9. The van der Waals surface area contributed by atoms with Crippen molar-refractivity contribution in [2.45, 2.75) is 204 Å². The summed E-state index contributed by atoms with van der Waals surface area (Å²) in [7, 11) is -5.13. The molecule has 0 aliphatic heterocycles. The monoisotopic (exact) mass is 897 g/mol. The Morgan fingerprint density at radius 1 is 0.500 bits per heavy atom. The number of hydrogen-bond acceptors (Lipinski definition) is 12. The highest BCUT2D eigenvalue weighted by Gasteiger charge is 2.51. The third-order valence-corrected chi connectivity index (χ3v) is 11.3. The second-order valence-corrected chi connectivity index (χ2v) is 17.3. The van der Waals surface area contributed by atoms with Gasteiger partial charge in [-0.1, -0.05) is 138 Å². The van der Waals surface area contributed by atoms with Gasteiger partial charge < -0.3 is 39.9 Å². The minimum Gasteiger partial charge on any atom is -0.462 e. The van der Waals surface area contributed by atoms with Gasteiger partial charge in [0.25, 0.3) is 0 Å². The van der Waals surface area contributed by atoms with Gasteiger partial charge in [-0.15, -0.1) is 0 Å². The SMILES string of the molecule is CCCC/C=C/C/C=C/CCCCCCCC(=O)OC[C@H](COP(=O)(O)OC1C(O)C(O)C(O)[C@H](O)C1O)OC(=O)CCCCC/C=C/C/C=C/C/C=C/C/C=C/CCCCC. The molecular weight excluding hydrogens is 815 g/mol. The van der Waals surface area contributed by atoms with Gasteiger partial charge in [0.1, 0.15) is 43.2 Å². The highest BCUT2D eigenvalue weighted by Crippen LogP contribution is 2.47. The van der Waals surface area contributed by atoms with Gasteiger partial charge in [0.2, 0.25) is 0 Å². The minimum absolute atomic E-state index is 0.0524. The van der Waals surface area contributed by atoms with Gasteiger partial charge in [0.05, 0.1) is 6.61 Å². The molecule has 1 saturated carbocycles. The van der Waals surface area contributed by atoms with Gasteiger partial charge in [-0.25, -0.2) is 4.57 Å². The molecule has 0 saturated heterocycles. The molecule has 1 fully saturated rings. The molecule has 62 heavy (non-hydrogen) atoms. The molecule has 6 unspecified atom stereocenters. The van der Waals surface area contributed by atoms with Crippen LogP contribution in [0.15, 0.2) is 72.9 Å². The van der Waals surface area contributed by atoms with Crippen LogP contribution >= 0.6 is 7.82 Å². The van der Waals surface area contributed by atoms with Gasteiger partial charge in [0, 0.05) is 12.8 Å². The van der Waals surface area contributed by atoms with Crippen molar-refractivity contribution in [3.8, 4) is 0 Å². The number of rotatable bonds is 37. The molecule has 1 aliphatic rings. The predicted octanol–water partition coefficient (Wildman–Crippen LogP) is 9.11. The number of phosphoric acid groups is 1. The van der Waals surface area contributed by atoms with Crippen molar-refractivity contribution in [3.63, 3.8) is 0 Å². The third kappa shape index (κ3) is 29.6. The maximum atomic E-state index is 12.8. The fourth-order valence-corrected chi connectivity index (χ4v) is 7.43. The van der Waals surface area contributed by atoms with Crippen molar-refractivity contribution in [1.29, 1.82) is 0 Å². The van der Waals surface area contributed by atoms with E-state index in [9.17, 15) is 44.6 Å². The standard InChI is InChI=1S/C48H81O13P/c1-3-5-7-9-11-13-15-17-19-20-21-22-23-25-27-29-31-33-35-37-42(50)60-40(39-59-62(56,57)61-48-46(54)44(52)43(51)45(53)47(48)55)38-58-41(49)36-34-32-30-28-26-24-18-16-14-12-10-8-6-4-2/h10-13,16-19,21-22,25,27,40,43-48,51-55H,3-9,14-15,20,23-24,26,28-39H2,1-2H3,(H,56,57)/b12-10+,13-11+,18-16+,19-17+,22-21+,27-25+/t40-,43?,44+,45?,46?,47?,48?/m1/s1. The van der Waals surface area contributed by atoms with Crippen molar-refractivity contribution in [3.05, 3.63) is 72.9 Å². The molecule has 6 N–H and O–H groups in total. The normalized spacial score (nSPS) is 22.5. The zero-order valence-corrected chi connectivity index (χ0v) is 38.5. The number of allylic oxidation sites excluding steroid dienone is 12. The third-order valence-electron chi connectivity index (χ3n) is 10.3. The van der Waals surface area contributed by atoms with Gasteiger partial charge in [-0.2, -0.15) is 0 Å². The van der Waals surface area contributed by atoms with Crippen LogP contribution in [0.2, 0.25) is 0 Å². The fourth-order valence-electron chi connectivity index (χ4n) is 6.46. The van der Waals surface area contributed by atoms with E-state index in [2.05, 4.69) is 86.8 Å². The van der Waals surface area contributed by atoms with E-state index in [1.165, 1.54) is 32.1 Å². The first-order valence-corrected chi connectivity index (χ1v) is 24.7. The number of hydrogen-bond donors (Lipinski definition) is 6. The van der Waals surface area contributed by atoms with E-state index in [-0.39, 0.29) is 12.8 Å². The molecule has 13 nitrogen and oxygen atoms in total. The van der Waals surface area contributed by atoms with Crippen molar-refractivity contribution in [1.82, 2.24) is 0 Å².